The normalized spacial score (nSPS) is 36.2. The molecule has 74 valence electrons. The molecular weight excluding hydrogens is 180 g/mol. The third kappa shape index (κ3) is 1.96. The third-order valence-electron chi connectivity index (χ3n) is 3.39. The molecule has 0 aromatic rings. The Morgan fingerprint density at radius 2 is 2.23 bits per heavy atom. The van der Waals surface area contributed by atoms with Crippen LogP contribution in [0.15, 0.2) is 0 Å². The van der Waals surface area contributed by atoms with Crippen molar-refractivity contribution in [1.29, 1.82) is 0 Å². The maximum Gasteiger partial charge on any atom is 0.166 e. The Balaban J connectivity index is 1.79. The summed E-state index contributed by atoms with van der Waals surface area (Å²) in [5.41, 5.74) is 0. The van der Waals surface area contributed by atoms with E-state index in [0.717, 1.165) is 23.5 Å². The molecule has 3 atom stereocenters. The fraction of sp³-hybridized carbons (Fsp3) is 0.900. The molecule has 0 radical (unpaired) electrons. The average molecular weight is 198 g/mol. The summed E-state index contributed by atoms with van der Waals surface area (Å²) in [7, 11) is 0. The van der Waals surface area contributed by atoms with Gasteiger partial charge in [-0.15, -0.1) is 0 Å². The second-order valence-electron chi connectivity index (χ2n) is 4.29. The van der Waals surface area contributed by atoms with Crippen LogP contribution in [0.2, 0.25) is 0 Å². The van der Waals surface area contributed by atoms with E-state index in [9.17, 15) is 0 Å². The Hall–Kier alpha value is -0.310. The van der Waals surface area contributed by atoms with Gasteiger partial charge in [0.25, 0.3) is 0 Å². The lowest BCUT2D eigenvalue weighted by Crippen LogP contribution is -2.44. The molecule has 2 bridgehead atoms. The van der Waals surface area contributed by atoms with Gasteiger partial charge in [-0.3, -0.25) is 0 Å². The Bertz CT molecular complexity index is 205. The van der Waals surface area contributed by atoms with E-state index in [4.69, 9.17) is 12.2 Å². The van der Waals surface area contributed by atoms with Crippen LogP contribution in [0.25, 0.3) is 0 Å². The van der Waals surface area contributed by atoms with Crippen molar-refractivity contribution in [3.05, 3.63) is 0 Å². The molecule has 2 fully saturated rings. The predicted octanol–water partition coefficient (Wildman–Crippen LogP) is 1.66. The van der Waals surface area contributed by atoms with E-state index in [0.29, 0.717) is 6.04 Å². The number of hydrogen-bond donors (Lipinski definition) is 2. The standard InChI is InChI=1S/C10H18N2S/c1-2-11-10(13)12-9-6-7-3-4-8(9)5-7/h7-9H,2-6H2,1H3,(H2,11,12,13). The van der Waals surface area contributed by atoms with Crippen LogP contribution in [0.4, 0.5) is 0 Å². The number of nitrogens with one attached hydrogen (secondary N) is 2. The smallest absolute Gasteiger partial charge is 0.166 e. The van der Waals surface area contributed by atoms with E-state index in [1.54, 1.807) is 0 Å². The van der Waals surface area contributed by atoms with Crippen LogP contribution in [0, 0.1) is 11.8 Å². The molecule has 2 aliphatic carbocycles. The minimum atomic E-state index is 0.672. The molecule has 2 aliphatic rings. The fourth-order valence-corrected chi connectivity index (χ4v) is 3.10. The van der Waals surface area contributed by atoms with Crippen molar-refractivity contribution in [3.63, 3.8) is 0 Å². The zero-order chi connectivity index (χ0) is 9.26. The first kappa shape index (κ1) is 9.25. The molecule has 0 heterocycles. The van der Waals surface area contributed by atoms with Gasteiger partial charge in [-0.2, -0.15) is 0 Å². The fourth-order valence-electron chi connectivity index (χ4n) is 2.80. The van der Waals surface area contributed by atoms with E-state index in [-0.39, 0.29) is 0 Å². The van der Waals surface area contributed by atoms with Crippen molar-refractivity contribution < 1.29 is 0 Å². The van der Waals surface area contributed by atoms with Crippen LogP contribution in [0.1, 0.15) is 32.6 Å². The topological polar surface area (TPSA) is 24.1 Å². The zero-order valence-electron chi connectivity index (χ0n) is 8.18. The van der Waals surface area contributed by atoms with E-state index < -0.39 is 0 Å². The van der Waals surface area contributed by atoms with Crippen LogP contribution in [-0.2, 0) is 0 Å². The molecule has 2 nitrogen and oxygen atoms in total. The van der Waals surface area contributed by atoms with Crippen molar-refractivity contribution in [1.82, 2.24) is 10.6 Å². The van der Waals surface area contributed by atoms with Crippen LogP contribution in [0.3, 0.4) is 0 Å². The van der Waals surface area contributed by atoms with E-state index in [1.165, 1.54) is 25.7 Å². The largest absolute Gasteiger partial charge is 0.363 e. The van der Waals surface area contributed by atoms with Crippen LogP contribution in [0.5, 0.6) is 0 Å². The van der Waals surface area contributed by atoms with Crippen LogP contribution < -0.4 is 10.6 Å². The maximum absolute atomic E-state index is 5.18. The first-order valence-corrected chi connectivity index (χ1v) is 5.74. The molecule has 0 saturated heterocycles. The molecule has 0 aliphatic heterocycles. The zero-order valence-corrected chi connectivity index (χ0v) is 8.99. The third-order valence-corrected chi connectivity index (χ3v) is 3.65. The van der Waals surface area contributed by atoms with Crippen molar-refractivity contribution in [2.75, 3.05) is 6.54 Å². The predicted molar refractivity (Wildman–Crippen MR) is 58.6 cm³/mol. The summed E-state index contributed by atoms with van der Waals surface area (Å²) >= 11 is 5.18. The molecule has 13 heavy (non-hydrogen) atoms. The summed E-state index contributed by atoms with van der Waals surface area (Å²) in [5.74, 6) is 1.90. The second-order valence-corrected chi connectivity index (χ2v) is 4.69. The van der Waals surface area contributed by atoms with Gasteiger partial charge in [-0.05, 0) is 50.2 Å². The molecule has 0 spiro atoms. The first-order chi connectivity index (χ1) is 6.29. The van der Waals surface area contributed by atoms with Gasteiger partial charge < -0.3 is 10.6 Å². The maximum atomic E-state index is 5.18. The summed E-state index contributed by atoms with van der Waals surface area (Å²) in [5, 5.41) is 7.43. The van der Waals surface area contributed by atoms with Gasteiger partial charge in [0.1, 0.15) is 0 Å². The van der Waals surface area contributed by atoms with E-state index in [2.05, 4.69) is 17.6 Å². The molecule has 2 saturated carbocycles. The lowest BCUT2D eigenvalue weighted by atomic mass is 9.96. The highest BCUT2D eigenvalue weighted by molar-refractivity contribution is 7.80. The molecule has 0 aromatic heterocycles. The van der Waals surface area contributed by atoms with Gasteiger partial charge in [-0.1, -0.05) is 6.42 Å². The Morgan fingerprint density at radius 3 is 2.77 bits per heavy atom. The average Bonchev–Trinajstić information content (AvgIpc) is 2.65. The molecule has 3 heteroatoms. The highest BCUT2D eigenvalue weighted by Crippen LogP contribution is 2.44. The Kier molecular flexibility index (Phi) is 2.72. The molecule has 2 rings (SSSR count). The molecule has 0 amide bonds. The number of hydrogen-bond acceptors (Lipinski definition) is 1. The van der Waals surface area contributed by atoms with E-state index in [1.807, 2.05) is 0 Å². The highest BCUT2D eigenvalue weighted by atomic mass is 32.1. The Labute approximate surface area is 85.5 Å². The number of fused-ring (bicyclic) bond motifs is 2. The van der Waals surface area contributed by atoms with Crippen molar-refractivity contribution in [2.24, 2.45) is 11.8 Å². The molecular formula is C10H18N2S. The van der Waals surface area contributed by atoms with Gasteiger partial charge in [-0.25, -0.2) is 0 Å². The molecule has 2 N–H and O–H groups in total. The van der Waals surface area contributed by atoms with Gasteiger partial charge in [0.15, 0.2) is 5.11 Å². The van der Waals surface area contributed by atoms with Gasteiger partial charge in [0.2, 0.25) is 0 Å². The minimum absolute atomic E-state index is 0.672. The summed E-state index contributed by atoms with van der Waals surface area (Å²) in [4.78, 5) is 0. The minimum Gasteiger partial charge on any atom is -0.363 e. The Morgan fingerprint density at radius 1 is 1.38 bits per heavy atom. The summed E-state index contributed by atoms with van der Waals surface area (Å²) in [6, 6.07) is 0.672. The molecule has 3 unspecified atom stereocenters. The quantitative estimate of drug-likeness (QED) is 0.660. The second kappa shape index (κ2) is 3.82. The summed E-state index contributed by atoms with van der Waals surface area (Å²) in [6.45, 7) is 3.00. The van der Waals surface area contributed by atoms with Gasteiger partial charge in [0.05, 0.1) is 0 Å². The van der Waals surface area contributed by atoms with E-state index >= 15 is 0 Å². The molecule has 0 aromatic carbocycles. The lowest BCUT2D eigenvalue weighted by Gasteiger charge is -2.24. The van der Waals surface area contributed by atoms with Crippen LogP contribution in [-0.4, -0.2) is 17.7 Å². The van der Waals surface area contributed by atoms with Crippen molar-refractivity contribution in [2.45, 2.75) is 38.6 Å². The first-order valence-electron chi connectivity index (χ1n) is 5.34. The van der Waals surface area contributed by atoms with Gasteiger partial charge >= 0.3 is 0 Å². The lowest BCUT2D eigenvalue weighted by molar-refractivity contribution is 0.389. The SMILES string of the molecule is CCNC(=S)NC1CC2CCC1C2. The highest BCUT2D eigenvalue weighted by Gasteiger charge is 2.39. The van der Waals surface area contributed by atoms with Crippen LogP contribution >= 0.6 is 12.2 Å². The number of thiocarbonyl (C=S) groups is 1. The van der Waals surface area contributed by atoms with Gasteiger partial charge in [0, 0.05) is 12.6 Å². The summed E-state index contributed by atoms with van der Waals surface area (Å²) < 4.78 is 0. The number of rotatable bonds is 2. The van der Waals surface area contributed by atoms with Crippen molar-refractivity contribution in [3.8, 4) is 0 Å². The monoisotopic (exact) mass is 198 g/mol. The summed E-state index contributed by atoms with van der Waals surface area (Å²) in [6.07, 6.45) is 5.65. The van der Waals surface area contributed by atoms with Crippen molar-refractivity contribution >= 4 is 17.3 Å².